The number of carbonyl (C=O) groups excluding carboxylic acids is 2. The largest absolute Gasteiger partial charge is 0.492 e. The van der Waals surface area contributed by atoms with Gasteiger partial charge in [0.1, 0.15) is 16.7 Å². The number of amides is 2. The standard InChI is InChI=1S/C25H31N3O3S/c1-5-7-15-28-24(30)21(16-22(29)27-23-17(3)11-10-12-18(23)4)32-25(28)26-19-13-8-9-14-20(19)31-6-2/h8-14,21H,5-7,15-16H2,1-4H3,(H,27,29). The van der Waals surface area contributed by atoms with Crippen LogP contribution in [0.3, 0.4) is 0 Å². The van der Waals surface area contributed by atoms with Gasteiger partial charge in [-0.25, -0.2) is 4.99 Å². The van der Waals surface area contributed by atoms with Crippen LogP contribution in [0, 0.1) is 13.8 Å². The highest BCUT2D eigenvalue weighted by molar-refractivity contribution is 8.15. The molecule has 0 aromatic heterocycles. The molecule has 0 radical (unpaired) electrons. The summed E-state index contributed by atoms with van der Waals surface area (Å²) in [6, 6.07) is 13.4. The van der Waals surface area contributed by atoms with E-state index in [1.54, 1.807) is 4.90 Å². The number of carbonyl (C=O) groups is 2. The van der Waals surface area contributed by atoms with Crippen LogP contribution in [0.15, 0.2) is 47.5 Å². The van der Waals surface area contributed by atoms with E-state index in [0.29, 0.717) is 29.8 Å². The summed E-state index contributed by atoms with van der Waals surface area (Å²) in [6.45, 7) is 9.07. The number of benzene rings is 2. The van der Waals surface area contributed by atoms with E-state index in [1.807, 2.05) is 63.2 Å². The van der Waals surface area contributed by atoms with Crippen LogP contribution in [-0.4, -0.2) is 40.3 Å². The van der Waals surface area contributed by atoms with Crippen LogP contribution in [-0.2, 0) is 9.59 Å². The monoisotopic (exact) mass is 453 g/mol. The molecule has 1 unspecified atom stereocenters. The highest BCUT2D eigenvalue weighted by Gasteiger charge is 2.39. The van der Waals surface area contributed by atoms with Crippen molar-refractivity contribution < 1.29 is 14.3 Å². The fourth-order valence-corrected chi connectivity index (χ4v) is 4.72. The Morgan fingerprint density at radius 1 is 1.12 bits per heavy atom. The van der Waals surface area contributed by atoms with E-state index in [4.69, 9.17) is 9.73 Å². The number of nitrogens with zero attached hydrogens (tertiary/aromatic N) is 2. The summed E-state index contributed by atoms with van der Waals surface area (Å²) < 4.78 is 5.69. The first-order valence-electron chi connectivity index (χ1n) is 11.1. The second-order valence-corrected chi connectivity index (χ2v) is 8.93. The Labute approximate surface area is 194 Å². The molecule has 1 heterocycles. The molecule has 0 saturated carbocycles. The van der Waals surface area contributed by atoms with Crippen LogP contribution < -0.4 is 10.1 Å². The average Bonchev–Trinajstić information content (AvgIpc) is 3.05. The van der Waals surface area contributed by atoms with Crippen LogP contribution >= 0.6 is 11.8 Å². The lowest BCUT2D eigenvalue weighted by atomic mass is 10.1. The van der Waals surface area contributed by atoms with Crippen LogP contribution in [0.1, 0.15) is 44.2 Å². The van der Waals surface area contributed by atoms with Gasteiger partial charge >= 0.3 is 0 Å². The van der Waals surface area contributed by atoms with Crippen molar-refractivity contribution in [1.29, 1.82) is 0 Å². The molecule has 0 aliphatic carbocycles. The van der Waals surface area contributed by atoms with Crippen LogP contribution in [0.4, 0.5) is 11.4 Å². The normalized spacial score (nSPS) is 17.1. The Kier molecular flexibility index (Phi) is 8.33. The van der Waals surface area contributed by atoms with E-state index >= 15 is 0 Å². The number of rotatable bonds is 9. The molecule has 1 fully saturated rings. The van der Waals surface area contributed by atoms with Crippen molar-refractivity contribution in [2.45, 2.75) is 52.2 Å². The Morgan fingerprint density at radius 2 is 1.84 bits per heavy atom. The summed E-state index contributed by atoms with van der Waals surface area (Å²) in [4.78, 5) is 32.4. The Morgan fingerprint density at radius 3 is 2.53 bits per heavy atom. The number of aliphatic imine (C=N–C) groups is 1. The van der Waals surface area contributed by atoms with Gasteiger partial charge in [-0.05, 0) is 50.5 Å². The van der Waals surface area contributed by atoms with Gasteiger partial charge < -0.3 is 10.1 Å². The van der Waals surface area contributed by atoms with Gasteiger partial charge in [-0.1, -0.05) is 55.4 Å². The zero-order valence-electron chi connectivity index (χ0n) is 19.2. The maximum atomic E-state index is 13.2. The first kappa shape index (κ1) is 23.9. The van der Waals surface area contributed by atoms with Crippen molar-refractivity contribution in [3.8, 4) is 5.75 Å². The second kappa shape index (κ2) is 11.2. The molecule has 32 heavy (non-hydrogen) atoms. The lowest BCUT2D eigenvalue weighted by molar-refractivity contribution is -0.128. The summed E-state index contributed by atoms with van der Waals surface area (Å²) in [5.41, 5.74) is 3.51. The fraction of sp³-hybridized carbons (Fsp3) is 0.400. The molecule has 0 spiro atoms. The quantitative estimate of drug-likeness (QED) is 0.547. The number of nitrogens with one attached hydrogen (secondary N) is 1. The van der Waals surface area contributed by atoms with Crippen LogP contribution in [0.2, 0.25) is 0 Å². The molecule has 3 rings (SSSR count). The molecular formula is C25H31N3O3S. The van der Waals surface area contributed by atoms with E-state index in [-0.39, 0.29) is 18.2 Å². The minimum atomic E-state index is -0.491. The fourth-order valence-electron chi connectivity index (χ4n) is 3.55. The Hall–Kier alpha value is -2.80. The van der Waals surface area contributed by atoms with Gasteiger partial charge in [0.2, 0.25) is 11.8 Å². The Bertz CT molecular complexity index is 985. The number of unbranched alkanes of at least 4 members (excludes halogenated alkanes) is 1. The van der Waals surface area contributed by atoms with E-state index in [9.17, 15) is 9.59 Å². The molecule has 2 amide bonds. The summed E-state index contributed by atoms with van der Waals surface area (Å²) in [7, 11) is 0. The molecule has 1 aliphatic heterocycles. The summed E-state index contributed by atoms with van der Waals surface area (Å²) >= 11 is 1.36. The van der Waals surface area contributed by atoms with Crippen LogP contribution in [0.25, 0.3) is 0 Å². The SMILES string of the molecule is CCCCN1C(=O)C(CC(=O)Nc2c(C)cccc2C)SC1=Nc1ccccc1OCC. The third-order valence-corrected chi connectivity index (χ3v) is 6.43. The van der Waals surface area contributed by atoms with Crippen molar-refractivity contribution >= 4 is 40.1 Å². The lowest BCUT2D eigenvalue weighted by Gasteiger charge is -2.16. The Balaban J connectivity index is 1.80. The van der Waals surface area contributed by atoms with Gasteiger partial charge in [0, 0.05) is 18.7 Å². The first-order valence-corrected chi connectivity index (χ1v) is 12.0. The van der Waals surface area contributed by atoms with Gasteiger partial charge in [0.25, 0.3) is 0 Å². The van der Waals surface area contributed by atoms with Crippen molar-refractivity contribution in [3.63, 3.8) is 0 Å². The smallest absolute Gasteiger partial charge is 0.242 e. The predicted molar refractivity (Wildman–Crippen MR) is 132 cm³/mol. The van der Waals surface area contributed by atoms with Gasteiger partial charge in [-0.3, -0.25) is 14.5 Å². The zero-order chi connectivity index (χ0) is 23.1. The van der Waals surface area contributed by atoms with E-state index < -0.39 is 5.25 Å². The first-order chi connectivity index (χ1) is 15.4. The molecule has 1 atom stereocenters. The van der Waals surface area contributed by atoms with Gasteiger partial charge in [0.15, 0.2) is 5.17 Å². The van der Waals surface area contributed by atoms with Gasteiger partial charge in [-0.2, -0.15) is 0 Å². The summed E-state index contributed by atoms with van der Waals surface area (Å²) in [5.74, 6) is 0.453. The van der Waals surface area contributed by atoms with E-state index in [0.717, 1.165) is 29.7 Å². The maximum absolute atomic E-state index is 13.2. The van der Waals surface area contributed by atoms with Crippen molar-refractivity contribution in [1.82, 2.24) is 4.90 Å². The highest BCUT2D eigenvalue weighted by atomic mass is 32.2. The van der Waals surface area contributed by atoms with Gasteiger partial charge in [-0.15, -0.1) is 0 Å². The third-order valence-electron chi connectivity index (χ3n) is 5.25. The number of hydrogen-bond donors (Lipinski definition) is 1. The van der Waals surface area contributed by atoms with Crippen molar-refractivity contribution in [2.75, 3.05) is 18.5 Å². The van der Waals surface area contributed by atoms with Gasteiger partial charge in [0.05, 0.1) is 6.61 Å². The van der Waals surface area contributed by atoms with Crippen molar-refractivity contribution in [2.24, 2.45) is 4.99 Å². The highest BCUT2D eigenvalue weighted by Crippen LogP contribution is 2.35. The lowest BCUT2D eigenvalue weighted by Crippen LogP contribution is -2.34. The summed E-state index contributed by atoms with van der Waals surface area (Å²) in [5, 5.41) is 3.13. The molecule has 1 saturated heterocycles. The van der Waals surface area contributed by atoms with Crippen LogP contribution in [0.5, 0.6) is 5.75 Å². The minimum Gasteiger partial charge on any atom is -0.492 e. The minimum absolute atomic E-state index is 0.0623. The maximum Gasteiger partial charge on any atom is 0.242 e. The van der Waals surface area contributed by atoms with E-state index in [1.165, 1.54) is 11.8 Å². The number of hydrogen-bond acceptors (Lipinski definition) is 5. The number of thioether (sulfide) groups is 1. The molecule has 1 aliphatic rings. The second-order valence-electron chi connectivity index (χ2n) is 7.76. The number of amidine groups is 1. The zero-order valence-corrected chi connectivity index (χ0v) is 20.0. The number of anilines is 1. The molecule has 1 N–H and O–H groups in total. The summed E-state index contributed by atoms with van der Waals surface area (Å²) in [6.07, 6.45) is 1.95. The van der Waals surface area contributed by atoms with Crippen molar-refractivity contribution in [3.05, 3.63) is 53.6 Å². The number of aryl methyl sites for hydroxylation is 2. The molecule has 2 aromatic rings. The molecular weight excluding hydrogens is 422 g/mol. The topological polar surface area (TPSA) is 71.0 Å². The molecule has 170 valence electrons. The molecule has 2 aromatic carbocycles. The number of ether oxygens (including phenoxy) is 1. The molecule has 7 heteroatoms. The van der Waals surface area contributed by atoms with E-state index in [2.05, 4.69) is 12.2 Å². The third kappa shape index (κ3) is 5.71. The average molecular weight is 454 g/mol. The predicted octanol–water partition coefficient (Wildman–Crippen LogP) is 5.46. The molecule has 6 nitrogen and oxygen atoms in total. The number of para-hydroxylation sites is 3. The molecule has 0 bridgehead atoms.